The topological polar surface area (TPSA) is 94.5 Å². The van der Waals surface area contributed by atoms with Crippen molar-refractivity contribution in [3.05, 3.63) is 17.8 Å². The molecule has 0 saturated heterocycles. The largest absolute Gasteiger partial charge is 0.397 e. The number of anilines is 2. The molecular formula is C14H24N4O2. The zero-order valence-corrected chi connectivity index (χ0v) is 12.4. The molecule has 0 spiro atoms. The summed E-state index contributed by atoms with van der Waals surface area (Å²) in [5, 5.41) is 0. The van der Waals surface area contributed by atoms with Crippen LogP contribution in [0.2, 0.25) is 0 Å². The van der Waals surface area contributed by atoms with Crippen LogP contribution in [-0.4, -0.2) is 37.2 Å². The van der Waals surface area contributed by atoms with Crippen LogP contribution in [0, 0.1) is 0 Å². The molecule has 0 aliphatic carbocycles. The lowest BCUT2D eigenvalue weighted by molar-refractivity contribution is 0.1000. The van der Waals surface area contributed by atoms with Gasteiger partial charge in [0.2, 0.25) is 0 Å². The number of methoxy groups -OCH3 is 1. The fourth-order valence-electron chi connectivity index (χ4n) is 2.26. The second-order valence-corrected chi connectivity index (χ2v) is 4.66. The van der Waals surface area contributed by atoms with Gasteiger partial charge in [0.1, 0.15) is 5.82 Å². The number of hydrogen-bond donors (Lipinski definition) is 2. The molecule has 6 nitrogen and oxygen atoms in total. The summed E-state index contributed by atoms with van der Waals surface area (Å²) in [7, 11) is 1.65. The molecule has 0 saturated carbocycles. The summed E-state index contributed by atoms with van der Waals surface area (Å²) in [5.41, 5.74) is 11.9. The summed E-state index contributed by atoms with van der Waals surface area (Å²) in [4.78, 5) is 18.0. The number of carbonyl (C=O) groups is 1. The summed E-state index contributed by atoms with van der Waals surface area (Å²) in [6, 6.07) is 1.85. The maximum atomic E-state index is 11.6. The highest BCUT2D eigenvalue weighted by Crippen LogP contribution is 2.23. The van der Waals surface area contributed by atoms with Crippen molar-refractivity contribution < 1.29 is 9.53 Å². The third kappa shape index (κ3) is 3.84. The fraction of sp³-hybridized carbons (Fsp3) is 0.571. The minimum Gasteiger partial charge on any atom is -0.397 e. The van der Waals surface area contributed by atoms with Crippen LogP contribution >= 0.6 is 0 Å². The van der Waals surface area contributed by atoms with Crippen LogP contribution in [0.25, 0.3) is 0 Å². The highest BCUT2D eigenvalue weighted by Gasteiger charge is 2.22. The molecule has 20 heavy (non-hydrogen) atoms. The van der Waals surface area contributed by atoms with E-state index in [-0.39, 0.29) is 6.04 Å². The highest BCUT2D eigenvalue weighted by atomic mass is 16.5. The second-order valence-electron chi connectivity index (χ2n) is 4.66. The van der Waals surface area contributed by atoms with E-state index in [4.69, 9.17) is 16.2 Å². The van der Waals surface area contributed by atoms with Crippen molar-refractivity contribution >= 4 is 17.4 Å². The number of pyridine rings is 1. The lowest BCUT2D eigenvalue weighted by atomic mass is 10.1. The number of hydrogen-bond acceptors (Lipinski definition) is 5. The molecule has 0 fully saturated rings. The molecule has 6 heteroatoms. The van der Waals surface area contributed by atoms with E-state index in [2.05, 4.69) is 23.7 Å². The molecule has 0 aliphatic rings. The van der Waals surface area contributed by atoms with Crippen LogP contribution in [0.5, 0.6) is 0 Å². The molecule has 0 aliphatic heterocycles. The molecule has 112 valence electrons. The first-order valence-corrected chi connectivity index (χ1v) is 6.85. The summed E-state index contributed by atoms with van der Waals surface area (Å²) in [6.45, 7) is 5.42. The zero-order valence-electron chi connectivity index (χ0n) is 12.4. The average molecular weight is 280 g/mol. The Morgan fingerprint density at radius 3 is 2.60 bits per heavy atom. The van der Waals surface area contributed by atoms with Gasteiger partial charge in [0, 0.05) is 19.7 Å². The smallest absolute Gasteiger partial charge is 0.252 e. The molecule has 0 atom stereocenters. The van der Waals surface area contributed by atoms with E-state index in [9.17, 15) is 4.79 Å². The lowest BCUT2D eigenvalue weighted by Crippen LogP contribution is -2.39. The Bertz CT molecular complexity index is 447. The second kappa shape index (κ2) is 7.69. The molecule has 0 aromatic carbocycles. The third-order valence-corrected chi connectivity index (χ3v) is 3.34. The van der Waals surface area contributed by atoms with E-state index < -0.39 is 5.91 Å². The van der Waals surface area contributed by atoms with Crippen LogP contribution in [-0.2, 0) is 4.74 Å². The molecule has 1 rings (SSSR count). The van der Waals surface area contributed by atoms with Crippen molar-refractivity contribution in [2.45, 2.75) is 32.7 Å². The van der Waals surface area contributed by atoms with Crippen molar-refractivity contribution in [3.8, 4) is 0 Å². The molecule has 1 aromatic heterocycles. The first-order chi connectivity index (χ1) is 9.54. The Morgan fingerprint density at radius 2 is 2.10 bits per heavy atom. The number of nitrogens with two attached hydrogens (primary N) is 2. The monoisotopic (exact) mass is 280 g/mol. The fourth-order valence-corrected chi connectivity index (χ4v) is 2.26. The van der Waals surface area contributed by atoms with Gasteiger partial charge in [-0.25, -0.2) is 4.98 Å². The Kier molecular flexibility index (Phi) is 6.24. The maximum Gasteiger partial charge on any atom is 0.252 e. The van der Waals surface area contributed by atoms with Crippen molar-refractivity contribution in [3.63, 3.8) is 0 Å². The quantitative estimate of drug-likeness (QED) is 0.750. The summed E-state index contributed by atoms with van der Waals surface area (Å²) in [5.74, 6) is 0.0608. The minimum atomic E-state index is -0.520. The van der Waals surface area contributed by atoms with Gasteiger partial charge in [-0.2, -0.15) is 0 Å². The van der Waals surface area contributed by atoms with E-state index in [0.717, 1.165) is 12.8 Å². The highest BCUT2D eigenvalue weighted by molar-refractivity contribution is 5.98. The number of rotatable bonds is 8. The molecule has 0 unspecified atom stereocenters. The molecule has 1 aromatic rings. The number of primary amides is 1. The van der Waals surface area contributed by atoms with Crippen molar-refractivity contribution in [2.75, 3.05) is 30.9 Å². The summed E-state index contributed by atoms with van der Waals surface area (Å²) >= 11 is 0. The lowest BCUT2D eigenvalue weighted by Gasteiger charge is -2.32. The SMILES string of the molecule is CCC(CC)N(CCOC)c1ncc(N)cc1C(N)=O. The summed E-state index contributed by atoms with van der Waals surface area (Å²) in [6.07, 6.45) is 3.44. The van der Waals surface area contributed by atoms with Crippen LogP contribution in [0.15, 0.2) is 12.3 Å². The number of nitrogens with zero attached hydrogens (tertiary/aromatic N) is 2. The first kappa shape index (κ1) is 16.2. The van der Waals surface area contributed by atoms with Gasteiger partial charge in [0.25, 0.3) is 5.91 Å². The van der Waals surface area contributed by atoms with E-state index in [1.165, 1.54) is 0 Å². The normalized spacial score (nSPS) is 10.8. The van der Waals surface area contributed by atoms with Crippen LogP contribution in [0.1, 0.15) is 37.0 Å². The predicted octanol–water partition coefficient (Wildman–Crippen LogP) is 1.40. The number of amides is 1. The molecule has 1 heterocycles. The predicted molar refractivity (Wildman–Crippen MR) is 80.8 cm³/mol. The molecule has 0 radical (unpaired) electrons. The molecular weight excluding hydrogens is 256 g/mol. The Morgan fingerprint density at radius 1 is 1.45 bits per heavy atom. The van der Waals surface area contributed by atoms with E-state index in [1.807, 2.05) is 0 Å². The van der Waals surface area contributed by atoms with E-state index in [0.29, 0.717) is 30.2 Å². The number of nitrogen functional groups attached to an aromatic ring is 1. The Hall–Kier alpha value is -1.82. The molecule has 0 bridgehead atoms. The van der Waals surface area contributed by atoms with Gasteiger partial charge in [-0.05, 0) is 18.9 Å². The number of aromatic nitrogens is 1. The van der Waals surface area contributed by atoms with Crippen LogP contribution < -0.4 is 16.4 Å². The minimum absolute atomic E-state index is 0.277. The van der Waals surface area contributed by atoms with Crippen molar-refractivity contribution in [1.29, 1.82) is 0 Å². The Labute approximate surface area is 120 Å². The van der Waals surface area contributed by atoms with Gasteiger partial charge in [-0.3, -0.25) is 4.79 Å². The third-order valence-electron chi connectivity index (χ3n) is 3.34. The van der Waals surface area contributed by atoms with Gasteiger partial charge in [0.05, 0.1) is 24.1 Å². The maximum absolute atomic E-state index is 11.6. The van der Waals surface area contributed by atoms with Gasteiger partial charge < -0.3 is 21.1 Å². The molecule has 4 N–H and O–H groups in total. The van der Waals surface area contributed by atoms with E-state index >= 15 is 0 Å². The Balaban J connectivity index is 3.21. The van der Waals surface area contributed by atoms with Gasteiger partial charge in [0.15, 0.2) is 0 Å². The van der Waals surface area contributed by atoms with Crippen molar-refractivity contribution in [1.82, 2.24) is 4.98 Å². The van der Waals surface area contributed by atoms with Crippen LogP contribution in [0.4, 0.5) is 11.5 Å². The van der Waals surface area contributed by atoms with E-state index in [1.54, 1.807) is 19.4 Å². The van der Waals surface area contributed by atoms with Crippen molar-refractivity contribution in [2.24, 2.45) is 5.73 Å². The number of ether oxygens (including phenoxy) is 1. The molecule has 1 amide bonds. The zero-order chi connectivity index (χ0) is 15.1. The average Bonchev–Trinajstić information content (AvgIpc) is 2.43. The first-order valence-electron chi connectivity index (χ1n) is 6.85. The van der Waals surface area contributed by atoms with Gasteiger partial charge in [-0.1, -0.05) is 13.8 Å². The van der Waals surface area contributed by atoms with Gasteiger partial charge >= 0.3 is 0 Å². The van der Waals surface area contributed by atoms with Crippen LogP contribution in [0.3, 0.4) is 0 Å². The van der Waals surface area contributed by atoms with Gasteiger partial charge in [-0.15, -0.1) is 0 Å². The summed E-state index contributed by atoms with van der Waals surface area (Å²) < 4.78 is 5.15. The number of carbonyl (C=O) groups excluding carboxylic acids is 1. The standard InChI is InChI=1S/C14H24N4O2/c1-4-11(5-2)18(6-7-20-3)14-12(13(16)19)8-10(15)9-17-14/h8-9,11H,4-7,15H2,1-3H3,(H2,16,19).